The monoisotopic (exact) mass is 342 g/mol. The predicted octanol–water partition coefficient (Wildman–Crippen LogP) is 3.63. The lowest BCUT2D eigenvalue weighted by Crippen LogP contribution is -2.35. The first kappa shape index (κ1) is 17.9. The Morgan fingerprint density at radius 2 is 2.04 bits per heavy atom. The van der Waals surface area contributed by atoms with E-state index in [4.69, 9.17) is 16.9 Å². The summed E-state index contributed by atoms with van der Waals surface area (Å²) in [4.78, 5) is 18.3. The van der Waals surface area contributed by atoms with Crippen molar-refractivity contribution in [2.45, 2.75) is 19.9 Å². The van der Waals surface area contributed by atoms with Crippen LogP contribution >= 0.6 is 11.6 Å². The molecule has 0 aliphatic carbocycles. The molecule has 24 heavy (non-hydrogen) atoms. The van der Waals surface area contributed by atoms with E-state index < -0.39 is 0 Å². The number of nitrogens with one attached hydrogen (secondary N) is 1. The fraction of sp³-hybridized carbons (Fsp3) is 0.278. The predicted molar refractivity (Wildman–Crippen MR) is 94.7 cm³/mol. The van der Waals surface area contributed by atoms with Gasteiger partial charge in [-0.15, -0.1) is 0 Å². The highest BCUT2D eigenvalue weighted by molar-refractivity contribution is 6.30. The number of hydrogen-bond acceptors (Lipinski definition) is 4. The molecule has 2 aromatic rings. The highest BCUT2D eigenvalue weighted by Gasteiger charge is 2.17. The van der Waals surface area contributed by atoms with Crippen LogP contribution in [-0.2, 0) is 4.79 Å². The number of carbonyl (C=O) groups is 1. The average Bonchev–Trinajstić information content (AvgIpc) is 2.61. The van der Waals surface area contributed by atoms with E-state index in [-0.39, 0.29) is 18.5 Å². The molecule has 6 heteroatoms. The molecular formula is C18H19ClN4O. The topological polar surface area (TPSA) is 69.0 Å². The molecular weight excluding hydrogens is 324 g/mol. The summed E-state index contributed by atoms with van der Waals surface area (Å²) in [7, 11) is 0. The maximum atomic E-state index is 12.2. The van der Waals surface area contributed by atoms with Gasteiger partial charge >= 0.3 is 0 Å². The zero-order valence-electron chi connectivity index (χ0n) is 13.7. The number of benzene rings is 1. The van der Waals surface area contributed by atoms with Gasteiger partial charge in [-0.3, -0.25) is 9.69 Å². The van der Waals surface area contributed by atoms with Gasteiger partial charge in [0.2, 0.25) is 5.91 Å². The Bertz CT molecular complexity index is 722. The van der Waals surface area contributed by atoms with Gasteiger partial charge in [0.25, 0.3) is 0 Å². The van der Waals surface area contributed by atoms with Crippen LogP contribution in [0, 0.1) is 11.3 Å². The van der Waals surface area contributed by atoms with Crippen molar-refractivity contribution >= 4 is 23.3 Å². The maximum Gasteiger partial charge on any atom is 0.239 e. The van der Waals surface area contributed by atoms with Gasteiger partial charge in [0, 0.05) is 12.2 Å². The molecule has 2 rings (SSSR count). The molecule has 0 unspecified atom stereocenters. The first-order chi connectivity index (χ1) is 11.5. The summed E-state index contributed by atoms with van der Waals surface area (Å²) in [5, 5.41) is 12.2. The van der Waals surface area contributed by atoms with Crippen molar-refractivity contribution in [3.05, 3.63) is 58.7 Å². The second kappa shape index (κ2) is 8.44. The first-order valence-corrected chi connectivity index (χ1v) is 8.06. The van der Waals surface area contributed by atoms with E-state index >= 15 is 0 Å². The number of nitrogens with zero attached hydrogens (tertiary/aromatic N) is 3. The van der Waals surface area contributed by atoms with E-state index in [9.17, 15) is 4.79 Å². The number of aromatic nitrogens is 1. The smallest absolute Gasteiger partial charge is 0.239 e. The fourth-order valence-corrected chi connectivity index (χ4v) is 2.50. The van der Waals surface area contributed by atoms with E-state index in [2.05, 4.69) is 16.4 Å². The SMILES string of the molecule is CCN(CC(=O)Nc1ccc(Cl)cn1)[C@@H](C)c1ccc(C#N)cc1. The molecule has 1 amide bonds. The third kappa shape index (κ3) is 4.79. The highest BCUT2D eigenvalue weighted by Crippen LogP contribution is 2.20. The van der Waals surface area contributed by atoms with Gasteiger partial charge in [-0.25, -0.2) is 4.98 Å². The van der Waals surface area contributed by atoms with Gasteiger partial charge in [-0.1, -0.05) is 30.7 Å². The second-order valence-electron chi connectivity index (χ2n) is 5.38. The molecule has 1 atom stereocenters. The number of pyridine rings is 1. The zero-order chi connectivity index (χ0) is 17.5. The van der Waals surface area contributed by atoms with Crippen LogP contribution < -0.4 is 5.32 Å². The van der Waals surface area contributed by atoms with E-state index in [0.717, 1.165) is 12.1 Å². The summed E-state index contributed by atoms with van der Waals surface area (Å²) in [6.07, 6.45) is 1.49. The third-order valence-corrected chi connectivity index (χ3v) is 4.04. The molecule has 0 bridgehead atoms. The van der Waals surface area contributed by atoms with Crippen LogP contribution in [0.5, 0.6) is 0 Å². The van der Waals surface area contributed by atoms with Crippen molar-refractivity contribution in [2.24, 2.45) is 0 Å². The van der Waals surface area contributed by atoms with Crippen LogP contribution in [-0.4, -0.2) is 28.9 Å². The Morgan fingerprint density at radius 1 is 1.33 bits per heavy atom. The van der Waals surface area contributed by atoms with Crippen molar-refractivity contribution in [3.8, 4) is 6.07 Å². The number of amides is 1. The molecule has 1 aromatic carbocycles. The second-order valence-corrected chi connectivity index (χ2v) is 5.82. The highest BCUT2D eigenvalue weighted by atomic mass is 35.5. The van der Waals surface area contributed by atoms with Gasteiger partial charge in [-0.05, 0) is 43.3 Å². The number of halogens is 1. The first-order valence-electron chi connectivity index (χ1n) is 7.69. The third-order valence-electron chi connectivity index (χ3n) is 3.82. The van der Waals surface area contributed by atoms with Gasteiger partial charge < -0.3 is 5.32 Å². The Morgan fingerprint density at radius 3 is 2.58 bits per heavy atom. The Kier molecular flexibility index (Phi) is 6.30. The number of rotatable bonds is 6. The van der Waals surface area contributed by atoms with Crippen LogP contribution in [0.15, 0.2) is 42.6 Å². The molecule has 124 valence electrons. The maximum absolute atomic E-state index is 12.2. The lowest BCUT2D eigenvalue weighted by Gasteiger charge is -2.27. The largest absolute Gasteiger partial charge is 0.310 e. The summed E-state index contributed by atoms with van der Waals surface area (Å²) in [6.45, 7) is 5.03. The summed E-state index contributed by atoms with van der Waals surface area (Å²) in [5.74, 6) is 0.346. The van der Waals surface area contributed by atoms with E-state index in [1.165, 1.54) is 6.20 Å². The van der Waals surface area contributed by atoms with Gasteiger partial charge in [0.15, 0.2) is 0 Å². The Hall–Kier alpha value is -2.42. The number of carbonyl (C=O) groups excluding carboxylic acids is 1. The molecule has 0 aliphatic rings. The molecule has 5 nitrogen and oxygen atoms in total. The van der Waals surface area contributed by atoms with Crippen molar-refractivity contribution in [1.82, 2.24) is 9.88 Å². The molecule has 0 fully saturated rings. The number of nitriles is 1. The summed E-state index contributed by atoms with van der Waals surface area (Å²) < 4.78 is 0. The van der Waals surface area contributed by atoms with Crippen molar-refractivity contribution in [3.63, 3.8) is 0 Å². The summed E-state index contributed by atoms with van der Waals surface area (Å²) in [6, 6.07) is 12.9. The quantitative estimate of drug-likeness (QED) is 0.870. The van der Waals surface area contributed by atoms with E-state index in [0.29, 0.717) is 16.4 Å². The molecule has 0 aliphatic heterocycles. The molecule has 1 heterocycles. The minimum atomic E-state index is -0.132. The van der Waals surface area contributed by atoms with Crippen molar-refractivity contribution in [2.75, 3.05) is 18.4 Å². The fourth-order valence-electron chi connectivity index (χ4n) is 2.39. The zero-order valence-corrected chi connectivity index (χ0v) is 14.4. The number of hydrogen-bond donors (Lipinski definition) is 1. The lowest BCUT2D eigenvalue weighted by atomic mass is 10.1. The molecule has 0 radical (unpaired) electrons. The molecule has 0 saturated carbocycles. The minimum absolute atomic E-state index is 0.0617. The van der Waals surface area contributed by atoms with E-state index in [1.807, 2.05) is 30.9 Å². The van der Waals surface area contributed by atoms with Gasteiger partial charge in [-0.2, -0.15) is 5.26 Å². The van der Waals surface area contributed by atoms with Crippen LogP contribution in [0.4, 0.5) is 5.82 Å². The van der Waals surface area contributed by atoms with Crippen molar-refractivity contribution < 1.29 is 4.79 Å². The Balaban J connectivity index is 2.00. The lowest BCUT2D eigenvalue weighted by molar-refractivity contribution is -0.117. The van der Waals surface area contributed by atoms with Crippen LogP contribution in [0.25, 0.3) is 0 Å². The minimum Gasteiger partial charge on any atom is -0.310 e. The Labute approximate surface area is 146 Å². The molecule has 1 aromatic heterocycles. The van der Waals surface area contributed by atoms with Crippen LogP contribution in [0.3, 0.4) is 0 Å². The average molecular weight is 343 g/mol. The van der Waals surface area contributed by atoms with Gasteiger partial charge in [0.05, 0.1) is 23.2 Å². The van der Waals surface area contributed by atoms with Crippen LogP contribution in [0.2, 0.25) is 5.02 Å². The number of likely N-dealkylation sites (N-methyl/N-ethyl adjacent to an activating group) is 1. The van der Waals surface area contributed by atoms with Crippen molar-refractivity contribution in [1.29, 1.82) is 5.26 Å². The summed E-state index contributed by atoms with van der Waals surface area (Å²) >= 11 is 5.78. The molecule has 0 saturated heterocycles. The summed E-state index contributed by atoms with van der Waals surface area (Å²) in [5.41, 5.74) is 1.69. The molecule has 0 spiro atoms. The normalized spacial score (nSPS) is 11.8. The van der Waals surface area contributed by atoms with E-state index in [1.54, 1.807) is 24.3 Å². The van der Waals surface area contributed by atoms with Crippen LogP contribution in [0.1, 0.15) is 31.0 Å². The number of anilines is 1. The standard InChI is InChI=1S/C18H19ClN4O/c1-3-23(13(2)15-6-4-14(10-20)5-7-15)12-18(24)22-17-9-8-16(19)11-21-17/h4-9,11,13H,3,12H2,1-2H3,(H,21,22,24)/t13-/m0/s1. The molecule has 1 N–H and O–H groups in total. The van der Waals surface area contributed by atoms with Gasteiger partial charge in [0.1, 0.15) is 5.82 Å².